The fourth-order valence-electron chi connectivity index (χ4n) is 2.03. The predicted molar refractivity (Wildman–Crippen MR) is 87.9 cm³/mol. The third kappa shape index (κ3) is 6.07. The summed E-state index contributed by atoms with van der Waals surface area (Å²) in [7, 11) is -3.82. The molecule has 0 aromatic rings. The summed E-state index contributed by atoms with van der Waals surface area (Å²) in [4.78, 5) is 11.9. The van der Waals surface area contributed by atoms with Crippen molar-refractivity contribution in [2.45, 2.75) is 45.0 Å². The maximum atomic E-state index is 12.0. The van der Waals surface area contributed by atoms with Crippen molar-refractivity contribution in [2.24, 2.45) is 5.41 Å². The normalized spacial score (nSPS) is 17.7. The van der Waals surface area contributed by atoms with E-state index in [2.05, 4.69) is 23.7 Å². The zero-order valence-electron chi connectivity index (χ0n) is 14.0. The maximum Gasteiger partial charge on any atom is 0.264 e. The van der Waals surface area contributed by atoms with E-state index in [0.717, 1.165) is 6.26 Å². The highest BCUT2D eigenvalue weighted by Crippen LogP contribution is 2.34. The summed E-state index contributed by atoms with van der Waals surface area (Å²) in [6.07, 6.45) is 3.30. The lowest BCUT2D eigenvalue weighted by atomic mass is 9.81. The van der Waals surface area contributed by atoms with Gasteiger partial charge in [0.1, 0.15) is 6.10 Å². The largest absolute Gasteiger partial charge is 0.381 e. The highest BCUT2D eigenvalue weighted by Gasteiger charge is 2.47. The fraction of sp³-hybridized carbons (Fsp3) is 0.562. The summed E-state index contributed by atoms with van der Waals surface area (Å²) < 4.78 is 22.2. The lowest BCUT2D eigenvalue weighted by molar-refractivity contribution is -0.132. The Morgan fingerprint density at radius 3 is 2.30 bits per heavy atom. The third-order valence-electron chi connectivity index (χ3n) is 3.33. The second-order valence-electron chi connectivity index (χ2n) is 5.73. The van der Waals surface area contributed by atoms with Gasteiger partial charge in [0, 0.05) is 11.7 Å². The van der Waals surface area contributed by atoms with Crippen LogP contribution in [0.3, 0.4) is 0 Å². The minimum absolute atomic E-state index is 0.168. The molecule has 2 unspecified atom stereocenters. The van der Waals surface area contributed by atoms with Gasteiger partial charge in [-0.3, -0.25) is 10.0 Å². The van der Waals surface area contributed by atoms with Crippen molar-refractivity contribution in [3.05, 3.63) is 12.2 Å². The summed E-state index contributed by atoms with van der Waals surface area (Å²) >= 11 is 0. The van der Waals surface area contributed by atoms with Crippen LogP contribution in [0.5, 0.6) is 0 Å². The molecule has 3 N–H and O–H groups in total. The average Bonchev–Trinajstić information content (AvgIpc) is 2.41. The van der Waals surface area contributed by atoms with Crippen molar-refractivity contribution in [1.82, 2.24) is 5.48 Å². The van der Waals surface area contributed by atoms with Gasteiger partial charge in [0.15, 0.2) is 14.6 Å². The summed E-state index contributed by atoms with van der Waals surface area (Å²) in [5, 5.41) is 17.9. The van der Waals surface area contributed by atoms with Crippen LogP contribution in [0.15, 0.2) is 12.2 Å². The van der Waals surface area contributed by atoms with E-state index < -0.39 is 32.0 Å². The zero-order chi connectivity index (χ0) is 18.3. The molecule has 0 spiro atoms. The quantitative estimate of drug-likeness (QED) is 0.295. The van der Waals surface area contributed by atoms with E-state index in [1.165, 1.54) is 19.3 Å². The second kappa shape index (κ2) is 8.16. The van der Waals surface area contributed by atoms with E-state index in [1.807, 2.05) is 0 Å². The number of carbonyl (C=O) groups is 1. The Balaban J connectivity index is 5.89. The number of allylic oxidation sites excluding steroid dienone is 2. The Hall–Kier alpha value is -1.80. The molecule has 0 aromatic carbocycles. The number of hydrogen-bond acceptors (Lipinski definition) is 5. The molecule has 0 aromatic heterocycles. The highest BCUT2D eigenvalue weighted by atomic mass is 32.2. The Kier molecular flexibility index (Phi) is 7.53. The minimum atomic E-state index is -3.82. The Bertz CT molecular complexity index is 687. The Labute approximate surface area is 137 Å². The lowest BCUT2D eigenvalue weighted by Crippen LogP contribution is -2.51. The molecule has 0 fully saturated rings. The van der Waals surface area contributed by atoms with Gasteiger partial charge in [-0.15, -0.1) is 0 Å². The van der Waals surface area contributed by atoms with Crippen molar-refractivity contribution in [3.8, 4) is 23.7 Å². The smallest absolute Gasteiger partial charge is 0.264 e. The molecule has 3 atom stereocenters. The molecule has 0 bridgehead atoms. The number of amides is 1. The van der Waals surface area contributed by atoms with Crippen LogP contribution in [0.2, 0.25) is 0 Å². The maximum absolute atomic E-state index is 12.0. The Morgan fingerprint density at radius 2 is 1.91 bits per heavy atom. The average molecular weight is 341 g/mol. The van der Waals surface area contributed by atoms with E-state index in [9.17, 15) is 13.2 Å². The van der Waals surface area contributed by atoms with Crippen molar-refractivity contribution in [2.75, 3.05) is 6.26 Å². The Morgan fingerprint density at radius 1 is 1.35 bits per heavy atom. The van der Waals surface area contributed by atoms with E-state index in [-0.39, 0.29) is 6.42 Å². The molecule has 7 heteroatoms. The van der Waals surface area contributed by atoms with Crippen LogP contribution in [0.1, 0.15) is 34.1 Å². The van der Waals surface area contributed by atoms with Crippen LogP contribution in [-0.2, 0) is 14.6 Å². The van der Waals surface area contributed by atoms with Gasteiger partial charge in [0.2, 0.25) is 0 Å². The molecule has 6 nitrogen and oxygen atoms in total. The van der Waals surface area contributed by atoms with Crippen LogP contribution < -0.4 is 5.48 Å². The number of hydrogen-bond donors (Lipinski definition) is 3. The van der Waals surface area contributed by atoms with E-state index >= 15 is 0 Å². The standard InChI is InChI=1S/C16H23NO5S/c1-6-10-15(3,11-8-7-9-13(2)18)12-16(4,14(19)17-20)23(5,21)22/h6,10,13,18,20H,12H2,1-5H3,(H,17,19)/b10-6-/t13?,15?,16-/m1/s1. The van der Waals surface area contributed by atoms with Crippen LogP contribution in [-0.4, -0.2) is 41.7 Å². The first-order chi connectivity index (χ1) is 10.4. The summed E-state index contributed by atoms with van der Waals surface area (Å²) in [6, 6.07) is 0. The van der Waals surface area contributed by atoms with Crippen molar-refractivity contribution < 1.29 is 23.5 Å². The van der Waals surface area contributed by atoms with Gasteiger partial charge in [-0.25, -0.2) is 13.9 Å². The first-order valence-corrected chi connectivity index (χ1v) is 8.80. The van der Waals surface area contributed by atoms with Crippen molar-refractivity contribution >= 4 is 15.7 Å². The molecule has 1 amide bonds. The van der Waals surface area contributed by atoms with Crippen LogP contribution >= 0.6 is 0 Å². The SMILES string of the molecule is C/C=C\C(C)(C#CC#CC(C)O)C[C@](C)(C(=O)NO)S(C)(=O)=O. The summed E-state index contributed by atoms with van der Waals surface area (Å²) in [5.74, 6) is 9.28. The van der Waals surface area contributed by atoms with Crippen molar-refractivity contribution in [1.29, 1.82) is 0 Å². The number of nitrogens with one attached hydrogen (secondary N) is 1. The molecule has 23 heavy (non-hydrogen) atoms. The van der Waals surface area contributed by atoms with Crippen LogP contribution in [0, 0.1) is 29.1 Å². The predicted octanol–water partition coefficient (Wildman–Crippen LogP) is 0.655. The molecular formula is C16H23NO5S. The molecule has 0 aliphatic carbocycles. The number of rotatable bonds is 5. The number of aliphatic hydroxyl groups is 1. The molecule has 0 saturated carbocycles. The topological polar surface area (TPSA) is 104 Å². The molecule has 0 heterocycles. The van der Waals surface area contributed by atoms with E-state index in [1.54, 1.807) is 26.0 Å². The molecule has 0 radical (unpaired) electrons. The summed E-state index contributed by atoms with van der Waals surface area (Å²) in [5.41, 5.74) is 0.442. The van der Waals surface area contributed by atoms with Gasteiger partial charge in [-0.05, 0) is 46.0 Å². The molecule has 128 valence electrons. The van der Waals surface area contributed by atoms with Gasteiger partial charge in [0.25, 0.3) is 5.91 Å². The molecule has 0 aliphatic heterocycles. The first kappa shape index (κ1) is 21.2. The monoisotopic (exact) mass is 341 g/mol. The highest BCUT2D eigenvalue weighted by molar-refractivity contribution is 7.92. The van der Waals surface area contributed by atoms with E-state index in [0.29, 0.717) is 0 Å². The number of hydroxylamine groups is 1. The summed E-state index contributed by atoms with van der Waals surface area (Å²) in [6.45, 7) is 6.13. The minimum Gasteiger partial charge on any atom is -0.381 e. The van der Waals surface area contributed by atoms with Gasteiger partial charge in [0.05, 0.1) is 0 Å². The fourth-order valence-corrected chi connectivity index (χ4v) is 2.97. The van der Waals surface area contributed by atoms with Crippen LogP contribution in [0.25, 0.3) is 0 Å². The van der Waals surface area contributed by atoms with Crippen molar-refractivity contribution in [3.63, 3.8) is 0 Å². The molecule has 0 rings (SSSR count). The number of sulfone groups is 1. The van der Waals surface area contributed by atoms with Gasteiger partial charge in [-0.2, -0.15) is 0 Å². The zero-order valence-corrected chi connectivity index (χ0v) is 14.8. The molecule has 0 saturated heterocycles. The third-order valence-corrected chi connectivity index (χ3v) is 5.30. The lowest BCUT2D eigenvalue weighted by Gasteiger charge is -2.32. The second-order valence-corrected chi connectivity index (χ2v) is 8.18. The van der Waals surface area contributed by atoms with E-state index in [4.69, 9.17) is 10.3 Å². The van der Waals surface area contributed by atoms with Gasteiger partial charge in [-0.1, -0.05) is 24.0 Å². The number of carbonyl (C=O) groups excluding carboxylic acids is 1. The van der Waals surface area contributed by atoms with Gasteiger partial charge < -0.3 is 5.11 Å². The van der Waals surface area contributed by atoms with Crippen LogP contribution in [0.4, 0.5) is 0 Å². The number of aliphatic hydroxyl groups excluding tert-OH is 1. The first-order valence-electron chi connectivity index (χ1n) is 6.90. The van der Waals surface area contributed by atoms with Gasteiger partial charge >= 0.3 is 0 Å². The molecular weight excluding hydrogens is 318 g/mol. The molecule has 0 aliphatic rings.